The molecule has 18 heavy (non-hydrogen) atoms. The fourth-order valence-electron chi connectivity index (χ4n) is 1.60. The van der Waals surface area contributed by atoms with Crippen LogP contribution in [-0.4, -0.2) is 26.3 Å². The number of hydrogen-bond donors (Lipinski definition) is 1. The van der Waals surface area contributed by atoms with E-state index in [-0.39, 0.29) is 23.0 Å². The van der Waals surface area contributed by atoms with Crippen LogP contribution >= 0.6 is 0 Å². The number of benzene rings is 1. The average Bonchev–Trinajstić information content (AvgIpc) is 2.28. The highest BCUT2D eigenvalue weighted by Crippen LogP contribution is 2.23. The Kier molecular flexibility index (Phi) is 4.33. The van der Waals surface area contributed by atoms with E-state index in [1.165, 1.54) is 13.1 Å². The molecule has 0 heterocycles. The van der Waals surface area contributed by atoms with Crippen LogP contribution in [0.25, 0.3) is 0 Å². The number of nitriles is 1. The lowest BCUT2D eigenvalue weighted by atomic mass is 10.2. The van der Waals surface area contributed by atoms with Crippen molar-refractivity contribution in [2.45, 2.75) is 18.7 Å². The van der Waals surface area contributed by atoms with Gasteiger partial charge in [0.05, 0.1) is 17.7 Å². The highest BCUT2D eigenvalue weighted by atomic mass is 32.2. The zero-order chi connectivity index (χ0) is 13.9. The van der Waals surface area contributed by atoms with E-state index in [0.29, 0.717) is 0 Å². The van der Waals surface area contributed by atoms with E-state index in [1.807, 2.05) is 13.0 Å². The van der Waals surface area contributed by atoms with E-state index in [1.54, 1.807) is 19.1 Å². The van der Waals surface area contributed by atoms with Crippen molar-refractivity contribution in [3.05, 3.63) is 23.8 Å². The predicted octanol–water partition coefficient (Wildman–Crippen LogP) is 1.36. The smallest absolute Gasteiger partial charge is 0.244 e. The third-order valence-corrected chi connectivity index (χ3v) is 4.50. The molecular formula is C12H17N3O2S. The Balaban J connectivity index is 3.10. The third-order valence-electron chi connectivity index (χ3n) is 2.60. The topological polar surface area (TPSA) is 87.2 Å². The van der Waals surface area contributed by atoms with Gasteiger partial charge in [-0.15, -0.1) is 0 Å². The summed E-state index contributed by atoms with van der Waals surface area (Å²) in [6, 6.07) is 6.82. The van der Waals surface area contributed by atoms with E-state index in [4.69, 9.17) is 11.0 Å². The first kappa shape index (κ1) is 14.5. The molecule has 0 saturated heterocycles. The molecule has 0 spiro atoms. The van der Waals surface area contributed by atoms with Crippen LogP contribution in [0.5, 0.6) is 0 Å². The summed E-state index contributed by atoms with van der Waals surface area (Å²) in [7, 11) is -2.19. The maximum absolute atomic E-state index is 12.3. The quantitative estimate of drug-likeness (QED) is 0.834. The third kappa shape index (κ3) is 3.00. The van der Waals surface area contributed by atoms with Gasteiger partial charge in [-0.1, -0.05) is 6.07 Å². The SMILES string of the molecule is Cc1ccc(S(=O)(=O)N(C)CC(C)C#N)c(N)c1. The summed E-state index contributed by atoms with van der Waals surface area (Å²) < 4.78 is 25.7. The Morgan fingerprint density at radius 2 is 2.11 bits per heavy atom. The lowest BCUT2D eigenvalue weighted by Gasteiger charge is -2.19. The number of nitrogens with zero attached hydrogens (tertiary/aromatic N) is 2. The van der Waals surface area contributed by atoms with Crippen LogP contribution in [0, 0.1) is 24.2 Å². The van der Waals surface area contributed by atoms with Gasteiger partial charge in [-0.3, -0.25) is 0 Å². The number of nitrogen functional groups attached to an aromatic ring is 1. The Morgan fingerprint density at radius 1 is 1.50 bits per heavy atom. The van der Waals surface area contributed by atoms with E-state index in [9.17, 15) is 8.42 Å². The van der Waals surface area contributed by atoms with Gasteiger partial charge in [-0.05, 0) is 31.5 Å². The minimum Gasteiger partial charge on any atom is -0.398 e. The Labute approximate surface area is 108 Å². The summed E-state index contributed by atoms with van der Waals surface area (Å²) in [5.41, 5.74) is 6.87. The molecule has 0 radical (unpaired) electrons. The van der Waals surface area contributed by atoms with Gasteiger partial charge < -0.3 is 5.73 Å². The van der Waals surface area contributed by atoms with Crippen LogP contribution in [-0.2, 0) is 10.0 Å². The van der Waals surface area contributed by atoms with Crippen LogP contribution in [0.1, 0.15) is 12.5 Å². The molecule has 2 N–H and O–H groups in total. The highest BCUT2D eigenvalue weighted by Gasteiger charge is 2.24. The van der Waals surface area contributed by atoms with Crippen molar-refractivity contribution in [2.24, 2.45) is 5.92 Å². The molecule has 0 aliphatic rings. The molecule has 98 valence electrons. The molecule has 5 nitrogen and oxygen atoms in total. The van der Waals surface area contributed by atoms with Crippen molar-refractivity contribution in [3.63, 3.8) is 0 Å². The van der Waals surface area contributed by atoms with Crippen LogP contribution in [0.3, 0.4) is 0 Å². The lowest BCUT2D eigenvalue weighted by molar-refractivity contribution is 0.439. The second kappa shape index (κ2) is 5.38. The standard InChI is InChI=1S/C12H17N3O2S/c1-9-4-5-12(11(14)6-9)18(16,17)15(3)8-10(2)7-13/h4-6,10H,8,14H2,1-3H3. The molecule has 1 aromatic carbocycles. The molecule has 1 atom stereocenters. The number of rotatable bonds is 4. The normalized spacial score (nSPS) is 13.3. The van der Waals surface area contributed by atoms with E-state index in [2.05, 4.69) is 0 Å². The summed E-state index contributed by atoms with van der Waals surface area (Å²) >= 11 is 0. The largest absolute Gasteiger partial charge is 0.398 e. The lowest BCUT2D eigenvalue weighted by Crippen LogP contribution is -2.31. The van der Waals surface area contributed by atoms with Gasteiger partial charge >= 0.3 is 0 Å². The van der Waals surface area contributed by atoms with Gasteiger partial charge in [0.25, 0.3) is 0 Å². The van der Waals surface area contributed by atoms with E-state index >= 15 is 0 Å². The predicted molar refractivity (Wildman–Crippen MR) is 70.2 cm³/mol. The monoisotopic (exact) mass is 267 g/mol. The molecule has 0 fully saturated rings. The first-order chi connectivity index (χ1) is 8.28. The molecule has 0 aliphatic heterocycles. The first-order valence-corrected chi connectivity index (χ1v) is 6.95. The second-order valence-corrected chi connectivity index (χ2v) is 6.37. The molecule has 0 bridgehead atoms. The number of aryl methyl sites for hydroxylation is 1. The van der Waals surface area contributed by atoms with Crippen LogP contribution in [0.4, 0.5) is 5.69 Å². The van der Waals surface area contributed by atoms with Crippen LogP contribution < -0.4 is 5.73 Å². The number of anilines is 1. The second-order valence-electron chi connectivity index (χ2n) is 4.36. The Morgan fingerprint density at radius 3 is 2.61 bits per heavy atom. The summed E-state index contributed by atoms with van der Waals surface area (Å²) in [5, 5.41) is 8.71. The van der Waals surface area contributed by atoms with Crippen molar-refractivity contribution >= 4 is 15.7 Å². The minimum absolute atomic E-state index is 0.0840. The highest BCUT2D eigenvalue weighted by molar-refractivity contribution is 7.89. The van der Waals surface area contributed by atoms with Gasteiger partial charge in [0, 0.05) is 13.6 Å². The van der Waals surface area contributed by atoms with Gasteiger partial charge in [0.1, 0.15) is 4.90 Å². The molecule has 0 aliphatic carbocycles. The first-order valence-electron chi connectivity index (χ1n) is 5.51. The average molecular weight is 267 g/mol. The number of sulfonamides is 1. The Hall–Kier alpha value is -1.58. The van der Waals surface area contributed by atoms with Crippen molar-refractivity contribution in [1.82, 2.24) is 4.31 Å². The Bertz CT molecular complexity index is 575. The van der Waals surface area contributed by atoms with Crippen LogP contribution in [0.2, 0.25) is 0 Å². The van der Waals surface area contributed by atoms with E-state index < -0.39 is 10.0 Å². The maximum Gasteiger partial charge on any atom is 0.244 e. The number of nitrogens with two attached hydrogens (primary N) is 1. The molecule has 0 saturated carbocycles. The van der Waals surface area contributed by atoms with E-state index in [0.717, 1.165) is 9.87 Å². The molecule has 0 aromatic heterocycles. The molecule has 1 unspecified atom stereocenters. The van der Waals surface area contributed by atoms with Crippen molar-refractivity contribution < 1.29 is 8.42 Å². The molecule has 1 rings (SSSR count). The van der Waals surface area contributed by atoms with Gasteiger partial charge in [-0.25, -0.2) is 8.42 Å². The molecule has 0 amide bonds. The van der Waals surface area contributed by atoms with Crippen molar-refractivity contribution in [2.75, 3.05) is 19.3 Å². The maximum atomic E-state index is 12.3. The molecule has 6 heteroatoms. The van der Waals surface area contributed by atoms with Gasteiger partial charge in [0.2, 0.25) is 10.0 Å². The number of hydrogen-bond acceptors (Lipinski definition) is 4. The van der Waals surface area contributed by atoms with Gasteiger partial charge in [-0.2, -0.15) is 9.57 Å². The van der Waals surface area contributed by atoms with Crippen LogP contribution in [0.15, 0.2) is 23.1 Å². The fraction of sp³-hybridized carbons (Fsp3) is 0.417. The van der Waals surface area contributed by atoms with Crippen molar-refractivity contribution in [1.29, 1.82) is 5.26 Å². The fourth-order valence-corrected chi connectivity index (χ4v) is 2.95. The molecule has 1 aromatic rings. The summed E-state index contributed by atoms with van der Waals surface area (Å²) in [6.45, 7) is 3.66. The summed E-state index contributed by atoms with van der Waals surface area (Å²) in [6.07, 6.45) is 0. The summed E-state index contributed by atoms with van der Waals surface area (Å²) in [4.78, 5) is 0.0840. The zero-order valence-electron chi connectivity index (χ0n) is 10.7. The molecular weight excluding hydrogens is 250 g/mol. The van der Waals surface area contributed by atoms with Gasteiger partial charge in [0.15, 0.2) is 0 Å². The summed E-state index contributed by atoms with van der Waals surface area (Å²) in [5.74, 6) is -0.364. The zero-order valence-corrected chi connectivity index (χ0v) is 11.5. The van der Waals surface area contributed by atoms with Crippen molar-refractivity contribution in [3.8, 4) is 6.07 Å². The minimum atomic E-state index is -3.63.